The fraction of sp³-hybridized carbons (Fsp3) is 0.345. The number of nitrogens with one attached hydrogen (secondary N) is 1. The Labute approximate surface area is 241 Å². The summed E-state index contributed by atoms with van der Waals surface area (Å²) in [5.74, 6) is -0.171. The molecule has 0 aliphatic carbocycles. The fourth-order valence-corrected chi connectivity index (χ4v) is 6.35. The van der Waals surface area contributed by atoms with Crippen LogP contribution in [0.1, 0.15) is 37.3 Å². The number of aromatic nitrogens is 5. The van der Waals surface area contributed by atoms with Crippen molar-refractivity contribution in [3.8, 4) is 16.9 Å². The standard InChI is InChI=1S/C29H29Cl2N7O2/c1-36-21-8-9-22(36)14-20(13-21)33-29(40)26(11-18-5-3-2-4-6-18)37-17-32-24(15-28(37)39)23-12-19(30)7-10-25(23)38-16-27(31)34-35-38/h2-7,10,12,15-17,20-22,26H,8-9,11,13-14H2,1H3,(H,33,40)/t20?,21-,22+,26-/m0/s1. The first-order valence-corrected chi connectivity index (χ1v) is 14.1. The molecule has 206 valence electrons. The van der Waals surface area contributed by atoms with E-state index >= 15 is 0 Å². The van der Waals surface area contributed by atoms with Gasteiger partial charge in [0.1, 0.15) is 6.04 Å². The summed E-state index contributed by atoms with van der Waals surface area (Å²) in [5, 5.41) is 11.9. The van der Waals surface area contributed by atoms with E-state index in [0.29, 0.717) is 40.5 Å². The summed E-state index contributed by atoms with van der Waals surface area (Å²) in [6, 6.07) is 16.7. The van der Waals surface area contributed by atoms with Crippen molar-refractivity contribution in [2.75, 3.05) is 7.05 Å². The van der Waals surface area contributed by atoms with Crippen LogP contribution >= 0.6 is 23.2 Å². The van der Waals surface area contributed by atoms with Gasteiger partial charge >= 0.3 is 0 Å². The van der Waals surface area contributed by atoms with Crippen molar-refractivity contribution in [2.24, 2.45) is 0 Å². The van der Waals surface area contributed by atoms with E-state index in [1.807, 2.05) is 30.3 Å². The number of carbonyl (C=O) groups is 1. The second-order valence-corrected chi connectivity index (χ2v) is 11.4. The lowest BCUT2D eigenvalue weighted by Crippen LogP contribution is -2.50. The van der Waals surface area contributed by atoms with E-state index < -0.39 is 6.04 Å². The Morgan fingerprint density at radius 2 is 1.82 bits per heavy atom. The highest BCUT2D eigenvalue weighted by Gasteiger charge is 2.39. The largest absolute Gasteiger partial charge is 0.351 e. The third kappa shape index (κ3) is 5.41. The molecule has 4 aromatic rings. The molecule has 40 heavy (non-hydrogen) atoms. The maximum atomic E-state index is 13.8. The zero-order chi connectivity index (χ0) is 27.8. The van der Waals surface area contributed by atoms with Gasteiger partial charge in [-0.15, -0.1) is 5.10 Å². The second-order valence-electron chi connectivity index (χ2n) is 10.6. The molecule has 4 heterocycles. The SMILES string of the molecule is CN1[C@@H]2CC[C@H]1CC(NC(=O)[C@H](Cc1ccccc1)n1cnc(-c3cc(Cl)ccc3-n3cc(Cl)nn3)cc1=O)C2. The summed E-state index contributed by atoms with van der Waals surface area (Å²) < 4.78 is 2.92. The van der Waals surface area contributed by atoms with Crippen LogP contribution in [0.2, 0.25) is 10.2 Å². The number of benzene rings is 2. The first kappa shape index (κ1) is 26.7. The molecule has 1 amide bonds. The number of amides is 1. The van der Waals surface area contributed by atoms with E-state index in [4.69, 9.17) is 23.2 Å². The quantitative estimate of drug-likeness (QED) is 0.351. The zero-order valence-corrected chi connectivity index (χ0v) is 23.5. The zero-order valence-electron chi connectivity index (χ0n) is 22.0. The molecular weight excluding hydrogens is 549 g/mol. The number of hydrogen-bond donors (Lipinski definition) is 1. The van der Waals surface area contributed by atoms with E-state index in [-0.39, 0.29) is 22.7 Å². The van der Waals surface area contributed by atoms with Gasteiger partial charge in [0, 0.05) is 41.2 Å². The van der Waals surface area contributed by atoms with Gasteiger partial charge in [-0.05, 0) is 56.5 Å². The predicted octanol–water partition coefficient (Wildman–Crippen LogP) is 4.32. The lowest BCUT2D eigenvalue weighted by Gasteiger charge is -2.37. The van der Waals surface area contributed by atoms with Crippen LogP contribution in [-0.4, -0.2) is 60.5 Å². The molecule has 0 spiro atoms. The lowest BCUT2D eigenvalue weighted by molar-refractivity contribution is -0.125. The molecule has 0 radical (unpaired) electrons. The van der Waals surface area contributed by atoms with Gasteiger partial charge in [-0.25, -0.2) is 9.67 Å². The molecule has 2 fully saturated rings. The summed E-state index contributed by atoms with van der Waals surface area (Å²) >= 11 is 12.3. The van der Waals surface area contributed by atoms with E-state index in [1.165, 1.54) is 21.6 Å². The van der Waals surface area contributed by atoms with E-state index in [1.54, 1.807) is 24.4 Å². The number of rotatable bonds is 7. The van der Waals surface area contributed by atoms with Gasteiger partial charge in [-0.3, -0.25) is 14.2 Å². The van der Waals surface area contributed by atoms with E-state index in [9.17, 15) is 9.59 Å². The van der Waals surface area contributed by atoms with Gasteiger partial charge in [0.05, 0.1) is 23.9 Å². The number of fused-ring (bicyclic) bond motifs is 2. The molecule has 0 saturated carbocycles. The first-order chi connectivity index (χ1) is 19.4. The van der Waals surface area contributed by atoms with Crippen molar-refractivity contribution in [1.82, 2.24) is 34.8 Å². The highest BCUT2D eigenvalue weighted by Crippen LogP contribution is 2.34. The van der Waals surface area contributed by atoms with Crippen LogP contribution < -0.4 is 10.9 Å². The molecule has 2 aromatic heterocycles. The third-order valence-corrected chi connectivity index (χ3v) is 8.55. The number of carbonyl (C=O) groups excluding carboxylic acids is 1. The molecule has 1 N–H and O–H groups in total. The second kappa shape index (κ2) is 11.2. The number of halogens is 2. The summed E-state index contributed by atoms with van der Waals surface area (Å²) in [7, 11) is 2.17. The van der Waals surface area contributed by atoms with Gasteiger partial charge < -0.3 is 10.2 Å². The molecule has 2 aliphatic rings. The third-order valence-electron chi connectivity index (χ3n) is 8.14. The van der Waals surface area contributed by atoms with Crippen LogP contribution in [-0.2, 0) is 11.2 Å². The molecule has 4 atom stereocenters. The normalized spacial score (nSPS) is 21.3. The molecule has 11 heteroatoms. The minimum atomic E-state index is -0.748. The summed E-state index contributed by atoms with van der Waals surface area (Å²) in [5.41, 5.74) is 2.22. The van der Waals surface area contributed by atoms with Gasteiger partial charge in [0.2, 0.25) is 5.91 Å². The topological polar surface area (TPSA) is 97.9 Å². The molecule has 6 rings (SSSR count). The molecule has 2 bridgehead atoms. The fourth-order valence-electron chi connectivity index (χ4n) is 6.05. The van der Waals surface area contributed by atoms with Crippen LogP contribution in [0.4, 0.5) is 0 Å². The minimum absolute atomic E-state index is 0.0888. The summed E-state index contributed by atoms with van der Waals surface area (Å²) in [6.07, 6.45) is 7.55. The maximum absolute atomic E-state index is 13.8. The van der Waals surface area contributed by atoms with Crippen LogP contribution in [0.3, 0.4) is 0 Å². The Kier molecular flexibility index (Phi) is 7.44. The average molecular weight is 579 g/mol. The number of nitrogens with zero attached hydrogens (tertiary/aromatic N) is 6. The predicted molar refractivity (Wildman–Crippen MR) is 154 cm³/mol. The molecule has 9 nitrogen and oxygen atoms in total. The van der Waals surface area contributed by atoms with E-state index in [0.717, 1.165) is 31.2 Å². The summed E-state index contributed by atoms with van der Waals surface area (Å²) in [4.78, 5) is 34.4. The Morgan fingerprint density at radius 1 is 1.07 bits per heavy atom. The molecule has 2 aromatic carbocycles. The highest BCUT2D eigenvalue weighted by molar-refractivity contribution is 6.31. The van der Waals surface area contributed by atoms with Gasteiger partial charge in [-0.1, -0.05) is 58.7 Å². The Bertz CT molecular complexity index is 1570. The Morgan fingerprint density at radius 3 is 2.50 bits per heavy atom. The van der Waals surface area contributed by atoms with Crippen molar-refractivity contribution < 1.29 is 4.79 Å². The smallest absolute Gasteiger partial charge is 0.254 e. The Hall–Kier alpha value is -3.53. The summed E-state index contributed by atoms with van der Waals surface area (Å²) in [6.45, 7) is 0. The van der Waals surface area contributed by atoms with Crippen molar-refractivity contribution in [3.05, 3.63) is 93.2 Å². The number of piperidine rings is 1. The van der Waals surface area contributed by atoms with Gasteiger partial charge in [-0.2, -0.15) is 0 Å². The average Bonchev–Trinajstić information content (AvgIpc) is 3.45. The van der Waals surface area contributed by atoms with Crippen LogP contribution in [0, 0.1) is 0 Å². The van der Waals surface area contributed by atoms with Crippen molar-refractivity contribution in [2.45, 2.75) is 56.3 Å². The van der Waals surface area contributed by atoms with Crippen LogP contribution in [0.5, 0.6) is 0 Å². The lowest BCUT2D eigenvalue weighted by atomic mass is 9.97. The van der Waals surface area contributed by atoms with Gasteiger partial charge in [0.15, 0.2) is 5.15 Å². The van der Waals surface area contributed by atoms with Crippen molar-refractivity contribution in [1.29, 1.82) is 0 Å². The van der Waals surface area contributed by atoms with Crippen molar-refractivity contribution in [3.63, 3.8) is 0 Å². The molecular formula is C29H29Cl2N7O2. The first-order valence-electron chi connectivity index (χ1n) is 13.4. The number of hydrogen-bond acceptors (Lipinski definition) is 6. The molecule has 2 aliphatic heterocycles. The Balaban J connectivity index is 1.32. The molecule has 2 saturated heterocycles. The van der Waals surface area contributed by atoms with Crippen molar-refractivity contribution >= 4 is 29.1 Å². The van der Waals surface area contributed by atoms with E-state index in [2.05, 4.69) is 32.6 Å². The van der Waals surface area contributed by atoms with Gasteiger partial charge in [0.25, 0.3) is 5.56 Å². The highest BCUT2D eigenvalue weighted by atomic mass is 35.5. The molecule has 1 unspecified atom stereocenters. The van der Waals surface area contributed by atoms with Crippen LogP contribution in [0.15, 0.2) is 71.9 Å². The van der Waals surface area contributed by atoms with Crippen LogP contribution in [0.25, 0.3) is 16.9 Å². The minimum Gasteiger partial charge on any atom is -0.351 e. The monoisotopic (exact) mass is 577 g/mol. The maximum Gasteiger partial charge on any atom is 0.254 e.